The van der Waals surface area contributed by atoms with E-state index in [9.17, 15) is 0 Å². The third kappa shape index (κ3) is 2.93. The highest BCUT2D eigenvalue weighted by Gasteiger charge is 2.06. The number of hydrogen-bond donors (Lipinski definition) is 0. The number of ether oxygens (including phenoxy) is 2. The van der Waals surface area contributed by atoms with Crippen LogP contribution < -0.4 is 9.47 Å². The van der Waals surface area contributed by atoms with E-state index < -0.39 is 0 Å². The average Bonchev–Trinajstić information content (AvgIpc) is 2.41. The Kier molecular flexibility index (Phi) is 4.05. The topological polar surface area (TPSA) is 31.4 Å². The molecule has 0 radical (unpaired) electrons. The molecule has 3 nitrogen and oxygen atoms in total. The van der Waals surface area contributed by atoms with Gasteiger partial charge in [-0.15, -0.1) is 11.6 Å². The first kappa shape index (κ1) is 12.7. The molecule has 0 unspecified atom stereocenters. The van der Waals surface area contributed by atoms with Gasteiger partial charge in [0, 0.05) is 12.1 Å². The number of hydrogen-bond acceptors (Lipinski definition) is 3. The number of aryl methyl sites for hydroxylation is 1. The summed E-state index contributed by atoms with van der Waals surface area (Å²) >= 11 is 5.76. The Morgan fingerprint density at radius 2 is 2.00 bits per heavy atom. The lowest BCUT2D eigenvalue weighted by Gasteiger charge is -2.11. The minimum atomic E-state index is 0.412. The van der Waals surface area contributed by atoms with Crippen molar-refractivity contribution in [1.82, 2.24) is 4.98 Å². The Morgan fingerprint density at radius 1 is 1.17 bits per heavy atom. The van der Waals surface area contributed by atoms with Crippen LogP contribution in [0.25, 0.3) is 0 Å². The SMILES string of the molecule is COc1cc(C)ccc1Oc1cncc(CCl)c1. The summed E-state index contributed by atoms with van der Waals surface area (Å²) in [4.78, 5) is 4.07. The standard InChI is InChI=1S/C14H14ClNO2/c1-10-3-4-13(14(5-10)17-2)18-12-6-11(7-15)8-16-9-12/h3-6,8-9H,7H2,1-2H3. The first-order valence-corrected chi connectivity index (χ1v) is 6.09. The van der Waals surface area contributed by atoms with Gasteiger partial charge in [0.2, 0.25) is 0 Å². The second kappa shape index (κ2) is 5.74. The molecule has 2 aromatic rings. The van der Waals surface area contributed by atoms with Crippen molar-refractivity contribution in [1.29, 1.82) is 0 Å². The van der Waals surface area contributed by atoms with Gasteiger partial charge >= 0.3 is 0 Å². The first-order chi connectivity index (χ1) is 8.72. The van der Waals surface area contributed by atoms with Crippen LogP contribution in [0.4, 0.5) is 0 Å². The lowest BCUT2D eigenvalue weighted by atomic mass is 10.2. The molecule has 1 aromatic carbocycles. The van der Waals surface area contributed by atoms with Crippen molar-refractivity contribution in [3.63, 3.8) is 0 Å². The molecule has 0 aliphatic carbocycles. The molecule has 0 atom stereocenters. The van der Waals surface area contributed by atoms with Crippen LogP contribution in [0.15, 0.2) is 36.7 Å². The molecule has 0 aliphatic heterocycles. The van der Waals surface area contributed by atoms with Crippen LogP contribution in [0, 0.1) is 6.92 Å². The van der Waals surface area contributed by atoms with E-state index in [-0.39, 0.29) is 0 Å². The summed E-state index contributed by atoms with van der Waals surface area (Å²) in [6, 6.07) is 7.63. The van der Waals surface area contributed by atoms with E-state index in [1.165, 1.54) is 0 Å². The van der Waals surface area contributed by atoms with Crippen molar-refractivity contribution in [3.8, 4) is 17.2 Å². The van der Waals surface area contributed by atoms with Gasteiger partial charge in [0.05, 0.1) is 13.3 Å². The van der Waals surface area contributed by atoms with Crippen molar-refractivity contribution in [2.45, 2.75) is 12.8 Å². The summed E-state index contributed by atoms with van der Waals surface area (Å²) in [5, 5.41) is 0. The molecular formula is C14H14ClNO2. The zero-order chi connectivity index (χ0) is 13.0. The number of rotatable bonds is 4. The number of halogens is 1. The van der Waals surface area contributed by atoms with Gasteiger partial charge in [-0.05, 0) is 36.2 Å². The number of nitrogens with zero attached hydrogens (tertiary/aromatic N) is 1. The Bertz CT molecular complexity index is 543. The van der Waals surface area contributed by atoms with Gasteiger partial charge < -0.3 is 9.47 Å². The maximum atomic E-state index is 5.76. The number of aromatic nitrogens is 1. The molecule has 0 spiro atoms. The zero-order valence-corrected chi connectivity index (χ0v) is 11.1. The minimum Gasteiger partial charge on any atom is -0.493 e. The third-order valence-electron chi connectivity index (χ3n) is 2.47. The molecule has 4 heteroatoms. The average molecular weight is 264 g/mol. The molecular weight excluding hydrogens is 250 g/mol. The van der Waals surface area contributed by atoms with Crippen molar-refractivity contribution in [2.75, 3.05) is 7.11 Å². The van der Waals surface area contributed by atoms with Crippen LogP contribution in [0.5, 0.6) is 17.2 Å². The van der Waals surface area contributed by atoms with Crippen molar-refractivity contribution in [3.05, 3.63) is 47.8 Å². The second-order valence-electron chi connectivity index (χ2n) is 3.92. The monoisotopic (exact) mass is 263 g/mol. The van der Waals surface area contributed by atoms with Gasteiger partial charge in [-0.1, -0.05) is 6.07 Å². The van der Waals surface area contributed by atoms with Crippen LogP contribution in [0.1, 0.15) is 11.1 Å². The van der Waals surface area contributed by atoms with E-state index in [2.05, 4.69) is 4.98 Å². The molecule has 18 heavy (non-hydrogen) atoms. The van der Waals surface area contributed by atoms with Crippen LogP contribution >= 0.6 is 11.6 Å². The van der Waals surface area contributed by atoms with Crippen molar-refractivity contribution >= 4 is 11.6 Å². The Hall–Kier alpha value is -1.74. The van der Waals surface area contributed by atoms with Gasteiger partial charge in [-0.25, -0.2) is 0 Å². The molecule has 1 heterocycles. The van der Waals surface area contributed by atoms with E-state index >= 15 is 0 Å². The summed E-state index contributed by atoms with van der Waals surface area (Å²) < 4.78 is 11.0. The Morgan fingerprint density at radius 3 is 2.72 bits per heavy atom. The second-order valence-corrected chi connectivity index (χ2v) is 4.19. The third-order valence-corrected chi connectivity index (χ3v) is 2.78. The van der Waals surface area contributed by atoms with Crippen LogP contribution in [0.3, 0.4) is 0 Å². The molecule has 0 bridgehead atoms. The molecule has 2 rings (SSSR count). The van der Waals surface area contributed by atoms with Crippen molar-refractivity contribution in [2.24, 2.45) is 0 Å². The van der Waals surface area contributed by atoms with Gasteiger partial charge in [-0.2, -0.15) is 0 Å². The van der Waals surface area contributed by atoms with E-state index in [1.807, 2.05) is 31.2 Å². The molecule has 0 fully saturated rings. The van der Waals surface area contributed by atoms with Crippen LogP contribution in [-0.4, -0.2) is 12.1 Å². The quantitative estimate of drug-likeness (QED) is 0.783. The van der Waals surface area contributed by atoms with Crippen molar-refractivity contribution < 1.29 is 9.47 Å². The van der Waals surface area contributed by atoms with Gasteiger partial charge in [0.25, 0.3) is 0 Å². The fraction of sp³-hybridized carbons (Fsp3) is 0.214. The number of methoxy groups -OCH3 is 1. The zero-order valence-electron chi connectivity index (χ0n) is 10.3. The fourth-order valence-corrected chi connectivity index (χ4v) is 1.72. The number of alkyl halides is 1. The van der Waals surface area contributed by atoms with Gasteiger partial charge in [0.15, 0.2) is 11.5 Å². The fourth-order valence-electron chi connectivity index (χ4n) is 1.58. The lowest BCUT2D eigenvalue weighted by Crippen LogP contribution is -1.92. The van der Waals surface area contributed by atoms with E-state index in [4.69, 9.17) is 21.1 Å². The molecule has 94 valence electrons. The number of pyridine rings is 1. The molecule has 1 aromatic heterocycles. The van der Waals surface area contributed by atoms with E-state index in [0.717, 1.165) is 11.1 Å². The van der Waals surface area contributed by atoms with Gasteiger partial charge in [-0.3, -0.25) is 4.98 Å². The number of benzene rings is 1. The lowest BCUT2D eigenvalue weighted by molar-refractivity contribution is 0.378. The highest BCUT2D eigenvalue weighted by Crippen LogP contribution is 2.32. The van der Waals surface area contributed by atoms with E-state index in [0.29, 0.717) is 23.1 Å². The maximum Gasteiger partial charge on any atom is 0.169 e. The molecule has 0 saturated carbocycles. The predicted molar refractivity (Wildman–Crippen MR) is 71.6 cm³/mol. The van der Waals surface area contributed by atoms with Gasteiger partial charge in [0.1, 0.15) is 5.75 Å². The first-order valence-electron chi connectivity index (χ1n) is 5.55. The smallest absolute Gasteiger partial charge is 0.169 e. The summed E-state index contributed by atoms with van der Waals surface area (Å²) in [6.45, 7) is 2.00. The summed E-state index contributed by atoms with van der Waals surface area (Å²) in [5.41, 5.74) is 2.03. The minimum absolute atomic E-state index is 0.412. The van der Waals surface area contributed by atoms with Crippen LogP contribution in [0.2, 0.25) is 0 Å². The van der Waals surface area contributed by atoms with Crippen LogP contribution in [-0.2, 0) is 5.88 Å². The summed E-state index contributed by atoms with van der Waals surface area (Å²) in [7, 11) is 1.62. The predicted octanol–water partition coefficient (Wildman–Crippen LogP) is 3.93. The molecule has 0 aliphatic rings. The highest BCUT2D eigenvalue weighted by atomic mass is 35.5. The highest BCUT2D eigenvalue weighted by molar-refractivity contribution is 6.17. The Balaban J connectivity index is 2.27. The molecule has 0 amide bonds. The normalized spacial score (nSPS) is 10.2. The largest absolute Gasteiger partial charge is 0.493 e. The Labute approximate surface area is 111 Å². The maximum absolute atomic E-state index is 5.76. The summed E-state index contributed by atoms with van der Waals surface area (Å²) in [5.74, 6) is 2.42. The molecule has 0 N–H and O–H groups in total. The van der Waals surface area contributed by atoms with E-state index in [1.54, 1.807) is 19.5 Å². The molecule has 0 saturated heterocycles. The summed E-state index contributed by atoms with van der Waals surface area (Å²) in [6.07, 6.45) is 3.36.